The highest BCUT2D eigenvalue weighted by molar-refractivity contribution is 7.14. The van der Waals surface area contributed by atoms with Gasteiger partial charge in [-0.1, -0.05) is 6.92 Å². The van der Waals surface area contributed by atoms with Crippen LogP contribution in [0.3, 0.4) is 0 Å². The Hall–Kier alpha value is -2.19. The first-order valence-electron chi connectivity index (χ1n) is 5.73. The summed E-state index contributed by atoms with van der Waals surface area (Å²) in [6, 6.07) is 9.20. The standard InChI is InChI=1S/C14H11FN2OS/c1-2-11-4-6-13(19-11)14(18)17-12-5-3-10(15)7-9(12)8-16/h3-7H,2H2,1H3,(H,17,18). The molecular weight excluding hydrogens is 263 g/mol. The lowest BCUT2D eigenvalue weighted by Crippen LogP contribution is -2.11. The van der Waals surface area contributed by atoms with E-state index < -0.39 is 5.82 Å². The van der Waals surface area contributed by atoms with Crippen molar-refractivity contribution in [3.8, 4) is 6.07 Å². The SMILES string of the molecule is CCc1ccc(C(=O)Nc2ccc(F)cc2C#N)s1. The Morgan fingerprint density at radius 1 is 1.42 bits per heavy atom. The van der Waals surface area contributed by atoms with Gasteiger partial charge in [0.05, 0.1) is 16.1 Å². The lowest BCUT2D eigenvalue weighted by molar-refractivity contribution is 0.103. The largest absolute Gasteiger partial charge is 0.320 e. The van der Waals surface area contributed by atoms with Crippen LogP contribution in [-0.2, 0) is 6.42 Å². The van der Waals surface area contributed by atoms with E-state index in [1.165, 1.54) is 23.5 Å². The summed E-state index contributed by atoms with van der Waals surface area (Å²) in [5, 5.41) is 11.5. The molecule has 96 valence electrons. The van der Waals surface area contributed by atoms with Crippen LogP contribution in [0, 0.1) is 17.1 Å². The number of rotatable bonds is 3. The number of carbonyl (C=O) groups is 1. The monoisotopic (exact) mass is 274 g/mol. The second-order valence-electron chi connectivity index (χ2n) is 3.88. The predicted molar refractivity (Wildman–Crippen MR) is 72.8 cm³/mol. The number of hydrogen-bond acceptors (Lipinski definition) is 3. The normalized spacial score (nSPS) is 9.95. The Balaban J connectivity index is 2.22. The van der Waals surface area contributed by atoms with Crippen LogP contribution in [0.15, 0.2) is 30.3 Å². The summed E-state index contributed by atoms with van der Waals surface area (Å²) in [5.74, 6) is -0.785. The van der Waals surface area contributed by atoms with E-state index in [1.54, 1.807) is 6.07 Å². The van der Waals surface area contributed by atoms with Gasteiger partial charge in [0.2, 0.25) is 0 Å². The van der Waals surface area contributed by atoms with E-state index in [1.807, 2.05) is 19.1 Å². The van der Waals surface area contributed by atoms with Gasteiger partial charge in [0.1, 0.15) is 11.9 Å². The molecular formula is C14H11FN2OS. The molecule has 0 fully saturated rings. The first-order chi connectivity index (χ1) is 9.13. The van der Waals surface area contributed by atoms with Crippen molar-refractivity contribution in [2.45, 2.75) is 13.3 Å². The Bertz CT molecular complexity index is 658. The van der Waals surface area contributed by atoms with Crippen molar-refractivity contribution in [1.29, 1.82) is 5.26 Å². The van der Waals surface area contributed by atoms with Crippen molar-refractivity contribution < 1.29 is 9.18 Å². The van der Waals surface area contributed by atoms with Crippen LogP contribution in [0.2, 0.25) is 0 Å². The average Bonchev–Trinajstić information content (AvgIpc) is 2.89. The molecule has 3 nitrogen and oxygen atoms in total. The van der Waals surface area contributed by atoms with Crippen LogP contribution >= 0.6 is 11.3 Å². The fourth-order valence-electron chi connectivity index (χ4n) is 1.59. The molecule has 1 N–H and O–H groups in total. The maximum atomic E-state index is 13.0. The zero-order chi connectivity index (χ0) is 13.8. The minimum absolute atomic E-state index is 0.112. The number of nitrogens with zero attached hydrogens (tertiary/aromatic N) is 1. The van der Waals surface area contributed by atoms with E-state index in [-0.39, 0.29) is 11.5 Å². The van der Waals surface area contributed by atoms with Crippen LogP contribution in [0.5, 0.6) is 0 Å². The molecule has 0 saturated carbocycles. The maximum Gasteiger partial charge on any atom is 0.265 e. The number of carbonyl (C=O) groups excluding carboxylic acids is 1. The Labute approximate surface area is 114 Å². The summed E-state index contributed by atoms with van der Waals surface area (Å²) in [5.41, 5.74) is 0.431. The molecule has 0 bridgehead atoms. The minimum Gasteiger partial charge on any atom is -0.320 e. The van der Waals surface area contributed by atoms with Crippen molar-refractivity contribution in [3.63, 3.8) is 0 Å². The summed E-state index contributed by atoms with van der Waals surface area (Å²) in [4.78, 5) is 13.7. The fraction of sp³-hybridized carbons (Fsp3) is 0.143. The Morgan fingerprint density at radius 2 is 2.21 bits per heavy atom. The van der Waals surface area contributed by atoms with Crippen LogP contribution in [0.4, 0.5) is 10.1 Å². The smallest absolute Gasteiger partial charge is 0.265 e. The van der Waals surface area contributed by atoms with Crippen LogP contribution in [0.1, 0.15) is 27.0 Å². The molecule has 2 aromatic rings. The van der Waals surface area contributed by atoms with E-state index in [0.29, 0.717) is 10.6 Å². The zero-order valence-electron chi connectivity index (χ0n) is 10.2. The molecule has 19 heavy (non-hydrogen) atoms. The number of nitriles is 1. The molecule has 1 amide bonds. The van der Waals surface area contributed by atoms with Crippen molar-refractivity contribution >= 4 is 22.9 Å². The molecule has 0 saturated heterocycles. The zero-order valence-corrected chi connectivity index (χ0v) is 11.1. The van der Waals surface area contributed by atoms with E-state index in [2.05, 4.69) is 5.32 Å². The van der Waals surface area contributed by atoms with Gasteiger partial charge in [0.15, 0.2) is 0 Å². The lowest BCUT2D eigenvalue weighted by atomic mass is 10.2. The molecule has 0 unspecified atom stereocenters. The van der Waals surface area contributed by atoms with Gasteiger partial charge >= 0.3 is 0 Å². The highest BCUT2D eigenvalue weighted by Crippen LogP contribution is 2.21. The number of thiophene rings is 1. The Kier molecular flexibility index (Phi) is 3.93. The quantitative estimate of drug-likeness (QED) is 0.930. The topological polar surface area (TPSA) is 52.9 Å². The molecule has 0 aliphatic carbocycles. The highest BCUT2D eigenvalue weighted by Gasteiger charge is 2.11. The van der Waals surface area contributed by atoms with E-state index in [9.17, 15) is 9.18 Å². The van der Waals surface area contributed by atoms with Gasteiger partial charge < -0.3 is 5.32 Å². The van der Waals surface area contributed by atoms with E-state index >= 15 is 0 Å². The molecule has 0 aliphatic heterocycles. The molecule has 0 aliphatic rings. The van der Waals surface area contributed by atoms with Gasteiger partial charge in [0, 0.05) is 4.88 Å². The van der Waals surface area contributed by atoms with Crippen molar-refractivity contribution in [1.82, 2.24) is 0 Å². The van der Waals surface area contributed by atoms with Crippen LogP contribution in [-0.4, -0.2) is 5.91 Å². The van der Waals surface area contributed by atoms with Gasteiger partial charge in [-0.05, 0) is 36.8 Å². The van der Waals surface area contributed by atoms with Crippen molar-refractivity contribution in [3.05, 3.63) is 51.5 Å². The first-order valence-corrected chi connectivity index (χ1v) is 6.55. The molecule has 1 heterocycles. The number of hydrogen-bond donors (Lipinski definition) is 1. The summed E-state index contributed by atoms with van der Waals surface area (Å²) < 4.78 is 13.0. The molecule has 0 atom stereocenters. The van der Waals surface area contributed by atoms with Crippen LogP contribution in [0.25, 0.3) is 0 Å². The molecule has 1 aromatic heterocycles. The molecule has 1 aromatic carbocycles. The van der Waals surface area contributed by atoms with Gasteiger partial charge in [0.25, 0.3) is 5.91 Å². The second-order valence-corrected chi connectivity index (χ2v) is 5.04. The number of anilines is 1. The number of aryl methyl sites for hydroxylation is 1. The molecule has 2 rings (SSSR count). The molecule has 0 radical (unpaired) electrons. The third kappa shape index (κ3) is 2.98. The molecule has 5 heteroatoms. The number of halogens is 1. The summed E-state index contributed by atoms with van der Waals surface area (Å²) in [6.45, 7) is 2.02. The van der Waals surface area contributed by atoms with Gasteiger partial charge in [-0.25, -0.2) is 4.39 Å². The van der Waals surface area contributed by atoms with Gasteiger partial charge in [-0.3, -0.25) is 4.79 Å². The fourth-order valence-corrected chi connectivity index (χ4v) is 2.43. The number of nitrogens with one attached hydrogen (secondary N) is 1. The highest BCUT2D eigenvalue weighted by atomic mass is 32.1. The van der Waals surface area contributed by atoms with Gasteiger partial charge in [-0.2, -0.15) is 5.26 Å². The maximum absolute atomic E-state index is 13.0. The Morgan fingerprint density at radius 3 is 2.84 bits per heavy atom. The second kappa shape index (κ2) is 5.63. The third-order valence-corrected chi connectivity index (χ3v) is 3.81. The van der Waals surface area contributed by atoms with Crippen molar-refractivity contribution in [2.24, 2.45) is 0 Å². The van der Waals surface area contributed by atoms with E-state index in [0.717, 1.165) is 17.4 Å². The summed E-state index contributed by atoms with van der Waals surface area (Å²) >= 11 is 1.41. The number of amides is 1. The summed E-state index contributed by atoms with van der Waals surface area (Å²) in [7, 11) is 0. The van der Waals surface area contributed by atoms with Crippen LogP contribution < -0.4 is 5.32 Å². The third-order valence-electron chi connectivity index (χ3n) is 2.58. The van der Waals surface area contributed by atoms with E-state index in [4.69, 9.17) is 5.26 Å². The van der Waals surface area contributed by atoms with Crippen molar-refractivity contribution in [2.75, 3.05) is 5.32 Å². The summed E-state index contributed by atoms with van der Waals surface area (Å²) in [6.07, 6.45) is 0.873. The molecule has 0 spiro atoms. The first kappa shape index (κ1) is 13.2. The minimum atomic E-state index is -0.501. The lowest BCUT2D eigenvalue weighted by Gasteiger charge is -2.05. The predicted octanol–water partition coefficient (Wildman–Crippen LogP) is 3.57. The average molecular weight is 274 g/mol. The van der Waals surface area contributed by atoms with Gasteiger partial charge in [-0.15, -0.1) is 11.3 Å². The number of benzene rings is 1.